The molecule has 0 bridgehead atoms. The van der Waals surface area contributed by atoms with Crippen LogP contribution in [-0.2, 0) is 13.0 Å². The second-order valence-corrected chi connectivity index (χ2v) is 5.82. The lowest BCUT2D eigenvalue weighted by molar-refractivity contribution is 0.303. The Hall–Kier alpha value is -2.54. The van der Waals surface area contributed by atoms with Crippen LogP contribution in [0.5, 0.6) is 5.75 Å². The molecule has 0 aliphatic rings. The van der Waals surface area contributed by atoms with Gasteiger partial charge in [-0.1, -0.05) is 73.2 Å². The molecule has 116 valence electrons. The van der Waals surface area contributed by atoms with E-state index in [4.69, 9.17) is 4.74 Å². The van der Waals surface area contributed by atoms with Crippen molar-refractivity contribution >= 4 is 0 Å². The third-order valence-electron chi connectivity index (χ3n) is 4.03. The fourth-order valence-corrected chi connectivity index (χ4v) is 2.76. The van der Waals surface area contributed by atoms with E-state index in [0.29, 0.717) is 6.61 Å². The summed E-state index contributed by atoms with van der Waals surface area (Å²) < 4.78 is 6.03. The number of hydrogen-bond donors (Lipinski definition) is 0. The summed E-state index contributed by atoms with van der Waals surface area (Å²) in [6.45, 7) is 4.87. The molecule has 0 aromatic heterocycles. The van der Waals surface area contributed by atoms with Gasteiger partial charge in [-0.05, 0) is 47.7 Å². The molecule has 0 fully saturated rings. The van der Waals surface area contributed by atoms with Crippen LogP contribution in [0.3, 0.4) is 0 Å². The number of hydrogen-bond acceptors (Lipinski definition) is 1. The molecule has 0 unspecified atom stereocenters. The predicted molar refractivity (Wildman–Crippen MR) is 96.8 cm³/mol. The Bertz CT molecular complexity index is 789. The normalized spacial score (nSPS) is 10.5. The van der Waals surface area contributed by atoms with E-state index in [1.54, 1.807) is 0 Å². The summed E-state index contributed by atoms with van der Waals surface area (Å²) in [4.78, 5) is 0. The van der Waals surface area contributed by atoms with E-state index in [2.05, 4.69) is 74.5 Å². The zero-order valence-electron chi connectivity index (χ0n) is 13.8. The first-order valence-electron chi connectivity index (χ1n) is 8.13. The molecule has 3 rings (SSSR count). The van der Waals surface area contributed by atoms with Crippen LogP contribution >= 0.6 is 0 Å². The van der Waals surface area contributed by atoms with Crippen molar-refractivity contribution in [2.75, 3.05) is 0 Å². The molecule has 23 heavy (non-hydrogen) atoms. The Morgan fingerprint density at radius 1 is 0.783 bits per heavy atom. The van der Waals surface area contributed by atoms with Gasteiger partial charge in [0.25, 0.3) is 0 Å². The van der Waals surface area contributed by atoms with Gasteiger partial charge in [0.1, 0.15) is 12.4 Å². The average Bonchev–Trinajstić information content (AvgIpc) is 2.60. The molecule has 1 heteroatoms. The molecule has 0 saturated heterocycles. The number of benzene rings is 3. The molecule has 3 aromatic carbocycles. The highest BCUT2D eigenvalue weighted by Gasteiger charge is 2.03. The number of rotatable bonds is 5. The van der Waals surface area contributed by atoms with Crippen molar-refractivity contribution in [2.24, 2.45) is 0 Å². The third kappa shape index (κ3) is 3.81. The zero-order chi connectivity index (χ0) is 16.1. The molecule has 0 atom stereocenters. The van der Waals surface area contributed by atoms with Crippen LogP contribution in [0.4, 0.5) is 0 Å². The van der Waals surface area contributed by atoms with E-state index in [9.17, 15) is 0 Å². The Morgan fingerprint density at radius 3 is 2.30 bits per heavy atom. The van der Waals surface area contributed by atoms with Crippen molar-refractivity contribution in [3.05, 3.63) is 89.5 Å². The van der Waals surface area contributed by atoms with E-state index in [0.717, 1.165) is 12.2 Å². The standard InChI is InChI=1S/C22H22O/c1-3-19-10-4-5-13-22(19)23-16-18-9-7-12-21(15-18)20-11-6-8-17(2)14-20/h4-15H,3,16H2,1-2H3. The van der Waals surface area contributed by atoms with E-state index in [1.165, 1.54) is 27.8 Å². The number of aryl methyl sites for hydroxylation is 2. The molecule has 3 aromatic rings. The van der Waals surface area contributed by atoms with Crippen molar-refractivity contribution in [1.82, 2.24) is 0 Å². The minimum absolute atomic E-state index is 0.594. The molecule has 0 heterocycles. The van der Waals surface area contributed by atoms with Gasteiger partial charge >= 0.3 is 0 Å². The average molecular weight is 302 g/mol. The molecule has 0 N–H and O–H groups in total. The van der Waals surface area contributed by atoms with Gasteiger partial charge in [-0.3, -0.25) is 0 Å². The first kappa shape index (κ1) is 15.4. The summed E-state index contributed by atoms with van der Waals surface area (Å²) in [5.41, 5.74) is 6.21. The maximum Gasteiger partial charge on any atom is 0.122 e. The monoisotopic (exact) mass is 302 g/mol. The molecule has 0 spiro atoms. The molecule has 0 aliphatic carbocycles. The smallest absolute Gasteiger partial charge is 0.122 e. The molecule has 1 nitrogen and oxygen atoms in total. The summed E-state index contributed by atoms with van der Waals surface area (Å²) in [5, 5.41) is 0. The summed E-state index contributed by atoms with van der Waals surface area (Å²) >= 11 is 0. The van der Waals surface area contributed by atoms with E-state index >= 15 is 0 Å². The SMILES string of the molecule is CCc1ccccc1OCc1cccc(-c2cccc(C)c2)c1. The Labute approximate surface area is 138 Å². The van der Waals surface area contributed by atoms with Crippen molar-refractivity contribution < 1.29 is 4.74 Å². The minimum Gasteiger partial charge on any atom is -0.489 e. The minimum atomic E-state index is 0.594. The topological polar surface area (TPSA) is 9.23 Å². The molecule has 0 radical (unpaired) electrons. The zero-order valence-corrected chi connectivity index (χ0v) is 13.8. The van der Waals surface area contributed by atoms with Crippen LogP contribution in [0.2, 0.25) is 0 Å². The Kier molecular flexibility index (Phi) is 4.77. The van der Waals surface area contributed by atoms with Crippen molar-refractivity contribution in [1.29, 1.82) is 0 Å². The predicted octanol–water partition coefficient (Wildman–Crippen LogP) is 5.80. The van der Waals surface area contributed by atoms with Gasteiger partial charge < -0.3 is 4.74 Å². The lowest BCUT2D eigenvalue weighted by atomic mass is 10.0. The van der Waals surface area contributed by atoms with Crippen LogP contribution < -0.4 is 4.74 Å². The largest absolute Gasteiger partial charge is 0.489 e. The van der Waals surface area contributed by atoms with Crippen LogP contribution in [-0.4, -0.2) is 0 Å². The molecule has 0 saturated carbocycles. The maximum absolute atomic E-state index is 6.03. The lowest BCUT2D eigenvalue weighted by Crippen LogP contribution is -1.98. The summed E-state index contributed by atoms with van der Waals surface area (Å²) in [5.74, 6) is 0.982. The Morgan fingerprint density at radius 2 is 1.52 bits per heavy atom. The highest BCUT2D eigenvalue weighted by Crippen LogP contribution is 2.23. The van der Waals surface area contributed by atoms with Crippen LogP contribution in [0.15, 0.2) is 72.8 Å². The van der Waals surface area contributed by atoms with Gasteiger partial charge in [0, 0.05) is 0 Å². The van der Waals surface area contributed by atoms with Gasteiger partial charge in [-0.2, -0.15) is 0 Å². The summed E-state index contributed by atoms with van der Waals surface area (Å²) in [7, 11) is 0. The second-order valence-electron chi connectivity index (χ2n) is 5.82. The molecular weight excluding hydrogens is 280 g/mol. The highest BCUT2D eigenvalue weighted by molar-refractivity contribution is 5.64. The van der Waals surface area contributed by atoms with Crippen LogP contribution in [0, 0.1) is 6.92 Å². The summed E-state index contributed by atoms with van der Waals surface area (Å²) in [6, 6.07) is 25.4. The summed E-state index contributed by atoms with van der Waals surface area (Å²) in [6.07, 6.45) is 0.986. The van der Waals surface area contributed by atoms with Crippen LogP contribution in [0.25, 0.3) is 11.1 Å². The van der Waals surface area contributed by atoms with Crippen molar-refractivity contribution in [3.63, 3.8) is 0 Å². The fraction of sp³-hybridized carbons (Fsp3) is 0.182. The maximum atomic E-state index is 6.03. The van der Waals surface area contributed by atoms with Gasteiger partial charge in [-0.25, -0.2) is 0 Å². The van der Waals surface area contributed by atoms with Crippen molar-refractivity contribution in [2.45, 2.75) is 26.9 Å². The molecule has 0 aliphatic heterocycles. The number of para-hydroxylation sites is 1. The third-order valence-corrected chi connectivity index (χ3v) is 4.03. The van der Waals surface area contributed by atoms with E-state index in [-0.39, 0.29) is 0 Å². The first-order valence-corrected chi connectivity index (χ1v) is 8.13. The van der Waals surface area contributed by atoms with Crippen molar-refractivity contribution in [3.8, 4) is 16.9 Å². The van der Waals surface area contributed by atoms with E-state index < -0.39 is 0 Å². The Balaban J connectivity index is 1.78. The lowest BCUT2D eigenvalue weighted by Gasteiger charge is -2.11. The van der Waals surface area contributed by atoms with Crippen LogP contribution in [0.1, 0.15) is 23.6 Å². The van der Waals surface area contributed by atoms with E-state index in [1.807, 2.05) is 12.1 Å². The molecular formula is C22H22O. The molecule has 0 amide bonds. The van der Waals surface area contributed by atoms with Gasteiger partial charge in [0.05, 0.1) is 0 Å². The van der Waals surface area contributed by atoms with Gasteiger partial charge in [-0.15, -0.1) is 0 Å². The van der Waals surface area contributed by atoms with Gasteiger partial charge in [0.15, 0.2) is 0 Å². The second kappa shape index (κ2) is 7.15. The quantitative estimate of drug-likeness (QED) is 0.578. The number of ether oxygens (including phenoxy) is 1. The van der Waals surface area contributed by atoms with Gasteiger partial charge in [0.2, 0.25) is 0 Å². The first-order chi connectivity index (χ1) is 11.3. The highest BCUT2D eigenvalue weighted by atomic mass is 16.5. The fourth-order valence-electron chi connectivity index (χ4n) is 2.76.